The molecule has 0 amide bonds. The highest BCUT2D eigenvalue weighted by Crippen LogP contribution is 2.13. The first-order valence-electron chi connectivity index (χ1n) is 6.33. The average molecular weight is 377 g/mol. The van der Waals surface area contributed by atoms with Crippen LogP contribution in [0.4, 0.5) is 5.69 Å². The predicted octanol–water partition coefficient (Wildman–Crippen LogP) is -2.31. The van der Waals surface area contributed by atoms with Crippen LogP contribution in [0.2, 0.25) is 0 Å². The number of non-ortho nitro benzene ring substituents is 1. The van der Waals surface area contributed by atoms with E-state index < -0.39 is 15.2 Å². The topological polar surface area (TPSA) is 156 Å². The summed E-state index contributed by atoms with van der Waals surface area (Å²) < 4.78 is 35.9. The Hall–Kier alpha value is -1.95. The van der Waals surface area contributed by atoms with Crippen LogP contribution < -0.4 is 23.2 Å². The Morgan fingerprint density at radius 3 is 2.04 bits per heavy atom. The van der Waals surface area contributed by atoms with Crippen molar-refractivity contribution in [1.82, 2.24) is 0 Å². The van der Waals surface area contributed by atoms with Crippen LogP contribution in [-0.4, -0.2) is 10.7 Å². The van der Waals surface area contributed by atoms with Gasteiger partial charge in [-0.15, -0.1) is 10.2 Å². The van der Waals surface area contributed by atoms with Crippen LogP contribution in [0.1, 0.15) is 21.1 Å². The third-order valence-corrected chi connectivity index (χ3v) is 3.93. The number of benzene rings is 1. The molecule has 24 heavy (non-hydrogen) atoms. The second kappa shape index (κ2) is 8.24. The summed E-state index contributed by atoms with van der Waals surface area (Å²) in [5.41, 5.74) is 1.52. The Labute approximate surface area is 142 Å². The molecule has 0 fully saturated rings. The number of carbonyl (C=O) groups is 1. The minimum absolute atomic E-state index is 0.00732. The number of carbonyl (C=O) groups excluding carboxylic acids is 1. The number of halogens is 1. The van der Waals surface area contributed by atoms with Gasteiger partial charge in [-0.25, -0.2) is 18.6 Å². The fourth-order valence-electron chi connectivity index (χ4n) is 1.79. The van der Waals surface area contributed by atoms with Gasteiger partial charge < -0.3 is 0 Å². The van der Waals surface area contributed by atoms with Crippen molar-refractivity contribution in [2.75, 3.05) is 0 Å². The number of thiazole rings is 1. The van der Waals surface area contributed by atoms with Gasteiger partial charge in [-0.05, 0) is 12.1 Å². The SMILES string of the molecule is Cc1csc(C)[n+]1CC(=O)c1ccc([N+](=O)[O-])cc1.[O-][Cl+3]([O-])([O-])[O-]. The Morgan fingerprint density at radius 1 is 1.17 bits per heavy atom. The lowest BCUT2D eigenvalue weighted by Crippen LogP contribution is -2.68. The predicted molar refractivity (Wildman–Crippen MR) is 71.4 cm³/mol. The maximum atomic E-state index is 12.1. The Morgan fingerprint density at radius 2 is 1.67 bits per heavy atom. The lowest BCUT2D eigenvalue weighted by molar-refractivity contribution is -2.00. The van der Waals surface area contributed by atoms with E-state index in [-0.39, 0.29) is 18.0 Å². The van der Waals surface area contributed by atoms with Crippen molar-refractivity contribution in [2.24, 2.45) is 0 Å². The minimum atomic E-state index is -4.94. The van der Waals surface area contributed by atoms with E-state index in [9.17, 15) is 14.9 Å². The molecule has 0 unspecified atom stereocenters. The summed E-state index contributed by atoms with van der Waals surface area (Å²) in [5.74, 6) is -0.0514. The van der Waals surface area contributed by atoms with E-state index in [4.69, 9.17) is 18.6 Å². The molecule has 9 nitrogen and oxygen atoms in total. The Kier molecular flexibility index (Phi) is 6.90. The number of hydrogen-bond acceptors (Lipinski definition) is 8. The van der Waals surface area contributed by atoms with Gasteiger partial charge >= 0.3 is 0 Å². The molecule has 0 spiro atoms. The molecule has 0 bridgehead atoms. The Balaban J connectivity index is 0.000000505. The standard InChI is InChI=1S/C13H13N2O3S.ClHO4/c1-9-8-19-10(2)14(9)7-13(16)11-3-5-12(6-4-11)15(17)18;2-1(3,4)5/h3-6,8H,7H2,1-2H3;(H,2,3,4,5)/q+1;/p-1. The molecule has 11 heteroatoms. The molecule has 1 aromatic carbocycles. The summed E-state index contributed by atoms with van der Waals surface area (Å²) in [7, 11) is -4.94. The molecule has 0 radical (unpaired) electrons. The van der Waals surface area contributed by atoms with Crippen LogP contribution in [0.3, 0.4) is 0 Å². The van der Waals surface area contributed by atoms with E-state index in [1.54, 1.807) is 11.3 Å². The molecule has 0 N–H and O–H groups in total. The van der Waals surface area contributed by atoms with Gasteiger partial charge in [0.1, 0.15) is 0 Å². The van der Waals surface area contributed by atoms with Crippen molar-refractivity contribution in [1.29, 1.82) is 0 Å². The number of aromatic nitrogens is 1. The minimum Gasteiger partial charge on any atom is -0.287 e. The molecule has 0 saturated carbocycles. The van der Waals surface area contributed by atoms with Gasteiger partial charge in [0.2, 0.25) is 17.3 Å². The number of rotatable bonds is 4. The number of aryl methyl sites for hydroxylation is 2. The van der Waals surface area contributed by atoms with Gasteiger partial charge in [0.25, 0.3) is 5.69 Å². The lowest BCUT2D eigenvalue weighted by Gasteiger charge is -2.17. The highest BCUT2D eigenvalue weighted by molar-refractivity contribution is 7.09. The highest BCUT2D eigenvalue weighted by atomic mass is 35.7. The van der Waals surface area contributed by atoms with Crippen LogP contribution in [0.5, 0.6) is 0 Å². The van der Waals surface area contributed by atoms with E-state index in [1.807, 2.05) is 23.8 Å². The number of ketones is 1. The van der Waals surface area contributed by atoms with Gasteiger partial charge in [-0.2, -0.15) is 4.57 Å². The zero-order valence-corrected chi connectivity index (χ0v) is 14.2. The van der Waals surface area contributed by atoms with Gasteiger partial charge in [-0.3, -0.25) is 14.9 Å². The maximum absolute atomic E-state index is 12.1. The zero-order valence-electron chi connectivity index (χ0n) is 12.6. The van der Waals surface area contributed by atoms with Crippen molar-refractivity contribution in [3.63, 3.8) is 0 Å². The van der Waals surface area contributed by atoms with Gasteiger partial charge in [0, 0.05) is 31.5 Å². The van der Waals surface area contributed by atoms with Gasteiger partial charge in [0.15, 0.2) is 5.69 Å². The first-order valence-corrected chi connectivity index (χ1v) is 8.44. The molecule has 1 aromatic heterocycles. The lowest BCUT2D eigenvalue weighted by atomic mass is 10.1. The summed E-state index contributed by atoms with van der Waals surface area (Å²) in [4.78, 5) is 22.2. The average Bonchev–Trinajstić information content (AvgIpc) is 2.77. The molecule has 2 aromatic rings. The second-order valence-corrected chi connectivity index (χ2v) is 6.41. The molecule has 0 atom stereocenters. The maximum Gasteiger partial charge on any atom is 0.269 e. The van der Waals surface area contributed by atoms with Crippen LogP contribution in [0.15, 0.2) is 29.6 Å². The summed E-state index contributed by atoms with van der Waals surface area (Å²) in [6.07, 6.45) is 0. The number of nitro groups is 1. The first kappa shape index (κ1) is 20.1. The molecule has 0 aliphatic heterocycles. The normalized spacial score (nSPS) is 10.8. The van der Waals surface area contributed by atoms with Crippen molar-refractivity contribution in [2.45, 2.75) is 20.4 Å². The molecular formula is C13H13ClN2O7S. The smallest absolute Gasteiger partial charge is 0.269 e. The summed E-state index contributed by atoms with van der Waals surface area (Å²) in [6.45, 7) is 4.17. The molecule has 0 saturated heterocycles. The van der Waals surface area contributed by atoms with Crippen molar-refractivity contribution in [3.05, 3.63) is 56.0 Å². The van der Waals surface area contributed by atoms with Crippen LogP contribution >= 0.6 is 11.3 Å². The fourth-order valence-corrected chi connectivity index (χ4v) is 2.59. The third-order valence-electron chi connectivity index (χ3n) is 2.91. The van der Waals surface area contributed by atoms with E-state index >= 15 is 0 Å². The largest absolute Gasteiger partial charge is 0.287 e. The van der Waals surface area contributed by atoms with Crippen molar-refractivity contribution < 1.29 is 43.2 Å². The number of hydrogen-bond donors (Lipinski definition) is 0. The van der Waals surface area contributed by atoms with Gasteiger partial charge in [0.05, 0.1) is 10.3 Å². The summed E-state index contributed by atoms with van der Waals surface area (Å²) >= 11 is 1.60. The van der Waals surface area contributed by atoms with Crippen LogP contribution in [0.25, 0.3) is 0 Å². The number of nitrogens with zero attached hydrogens (tertiary/aromatic N) is 2. The van der Waals surface area contributed by atoms with Crippen LogP contribution in [-0.2, 0) is 6.54 Å². The van der Waals surface area contributed by atoms with E-state index in [0.717, 1.165) is 10.7 Å². The fraction of sp³-hybridized carbons (Fsp3) is 0.231. The monoisotopic (exact) mass is 376 g/mol. The van der Waals surface area contributed by atoms with Crippen molar-refractivity contribution >= 4 is 22.8 Å². The molecule has 1 heterocycles. The zero-order chi connectivity index (χ0) is 18.5. The highest BCUT2D eigenvalue weighted by Gasteiger charge is 2.19. The number of Topliss-reactive ketones (excluding diaryl/α,β-unsaturated/α-hetero) is 1. The second-order valence-electron chi connectivity index (χ2n) is 4.59. The molecule has 2 rings (SSSR count). The van der Waals surface area contributed by atoms with E-state index in [1.165, 1.54) is 24.3 Å². The van der Waals surface area contributed by atoms with Crippen molar-refractivity contribution in [3.8, 4) is 0 Å². The molecule has 130 valence electrons. The van der Waals surface area contributed by atoms with E-state index in [0.29, 0.717) is 5.56 Å². The number of nitro benzene ring substituents is 1. The molecule has 0 aliphatic rings. The first-order chi connectivity index (χ1) is 11.0. The van der Waals surface area contributed by atoms with Crippen LogP contribution in [0, 0.1) is 34.2 Å². The summed E-state index contributed by atoms with van der Waals surface area (Å²) in [6, 6.07) is 5.70. The van der Waals surface area contributed by atoms with E-state index in [2.05, 4.69) is 0 Å². The summed E-state index contributed by atoms with van der Waals surface area (Å²) in [5, 5.41) is 13.6. The molecule has 0 aliphatic carbocycles. The third kappa shape index (κ3) is 6.66. The molecular weight excluding hydrogens is 364 g/mol. The van der Waals surface area contributed by atoms with Gasteiger partial charge in [-0.1, -0.05) is 11.3 Å². The quantitative estimate of drug-likeness (QED) is 0.251. The Bertz CT molecular complexity index is 699.